The second-order valence-corrected chi connectivity index (χ2v) is 7.43. The molecule has 5 nitrogen and oxygen atoms in total. The van der Waals surface area contributed by atoms with Crippen LogP contribution in [0.4, 0.5) is 17.6 Å². The summed E-state index contributed by atoms with van der Waals surface area (Å²) in [5.74, 6) is -2.82. The standard InChI is InChI=1S/C23H16F4N4O/c1-30-9-16-15(5-13(22(26)27)8-20(16)29-30)12-6-18(24)17(19(25)7-12)10-31-11-21-14(23(31)32)3-2-4-28-21/h2-9,22H,10-11H2,1H3/i11D2. The molecule has 0 unspecified atom stereocenters. The first-order chi connectivity index (χ1) is 16.1. The molecule has 0 spiro atoms. The van der Waals surface area contributed by atoms with E-state index in [2.05, 4.69) is 10.1 Å². The predicted molar refractivity (Wildman–Crippen MR) is 109 cm³/mol. The van der Waals surface area contributed by atoms with Crippen molar-refractivity contribution >= 4 is 16.8 Å². The number of pyridine rings is 1. The normalized spacial score (nSPS) is 15.9. The molecule has 0 aliphatic carbocycles. The summed E-state index contributed by atoms with van der Waals surface area (Å²) in [6.07, 6.45) is 0.0827. The third kappa shape index (κ3) is 3.30. The summed E-state index contributed by atoms with van der Waals surface area (Å²) in [7, 11) is 1.60. The molecule has 9 heteroatoms. The molecule has 5 rings (SSSR count). The van der Waals surface area contributed by atoms with Gasteiger partial charge < -0.3 is 4.90 Å². The smallest absolute Gasteiger partial charge is 0.263 e. The Morgan fingerprint density at radius 2 is 1.91 bits per heavy atom. The van der Waals surface area contributed by atoms with Gasteiger partial charge in [-0.25, -0.2) is 17.6 Å². The van der Waals surface area contributed by atoms with E-state index in [-0.39, 0.29) is 33.5 Å². The van der Waals surface area contributed by atoms with Crippen LogP contribution >= 0.6 is 0 Å². The monoisotopic (exact) mass is 442 g/mol. The molecule has 0 saturated heterocycles. The highest BCUT2D eigenvalue weighted by Gasteiger charge is 2.30. The lowest BCUT2D eigenvalue weighted by Crippen LogP contribution is -2.24. The molecule has 0 bridgehead atoms. The summed E-state index contributed by atoms with van der Waals surface area (Å²) < 4.78 is 75.0. The molecule has 4 aromatic rings. The Hall–Kier alpha value is -3.75. The van der Waals surface area contributed by atoms with Crippen LogP contribution in [-0.4, -0.2) is 25.6 Å². The molecule has 1 aliphatic rings. The lowest BCUT2D eigenvalue weighted by Gasteiger charge is -2.17. The number of aromatic nitrogens is 3. The predicted octanol–water partition coefficient (Wildman–Crippen LogP) is 5.01. The van der Waals surface area contributed by atoms with Gasteiger partial charge in [-0.3, -0.25) is 14.5 Å². The Bertz CT molecular complexity index is 1450. The number of hydrogen-bond donors (Lipinski definition) is 0. The van der Waals surface area contributed by atoms with E-state index in [0.29, 0.717) is 10.3 Å². The van der Waals surface area contributed by atoms with Crippen molar-refractivity contribution in [2.45, 2.75) is 19.5 Å². The number of carbonyl (C=O) groups is 1. The summed E-state index contributed by atoms with van der Waals surface area (Å²) in [6.45, 7) is -3.04. The van der Waals surface area contributed by atoms with Gasteiger partial charge in [0.05, 0.1) is 32.6 Å². The number of hydrogen-bond acceptors (Lipinski definition) is 3. The molecule has 162 valence electrons. The minimum absolute atomic E-state index is 0.0139. The Balaban J connectivity index is 1.57. The van der Waals surface area contributed by atoms with Gasteiger partial charge in [-0.15, -0.1) is 0 Å². The topological polar surface area (TPSA) is 51.0 Å². The van der Waals surface area contributed by atoms with Crippen molar-refractivity contribution in [1.82, 2.24) is 19.7 Å². The first-order valence-electron chi connectivity index (χ1n) is 10.6. The molecular formula is C23H16F4N4O. The zero-order valence-electron chi connectivity index (χ0n) is 18.6. The van der Waals surface area contributed by atoms with Crippen molar-refractivity contribution in [1.29, 1.82) is 0 Å². The van der Waals surface area contributed by atoms with Crippen molar-refractivity contribution < 1.29 is 25.1 Å². The van der Waals surface area contributed by atoms with E-state index in [1.807, 2.05) is 0 Å². The van der Waals surface area contributed by atoms with Crippen molar-refractivity contribution in [3.8, 4) is 11.1 Å². The molecule has 0 fully saturated rings. The molecule has 2 aromatic carbocycles. The van der Waals surface area contributed by atoms with Crippen molar-refractivity contribution in [3.63, 3.8) is 0 Å². The van der Waals surface area contributed by atoms with Gasteiger partial charge in [-0.1, -0.05) is 0 Å². The van der Waals surface area contributed by atoms with Crippen LogP contribution in [0.25, 0.3) is 22.0 Å². The zero-order chi connectivity index (χ0) is 24.4. The second-order valence-electron chi connectivity index (χ2n) is 7.43. The highest BCUT2D eigenvalue weighted by Crippen LogP contribution is 2.35. The number of carbonyl (C=O) groups excluding carboxylic acids is 1. The maximum Gasteiger partial charge on any atom is 0.263 e. The average molecular weight is 442 g/mol. The molecule has 3 heterocycles. The lowest BCUT2D eigenvalue weighted by molar-refractivity contribution is 0.0763. The van der Waals surface area contributed by atoms with Gasteiger partial charge in [-0.2, -0.15) is 5.10 Å². The van der Waals surface area contributed by atoms with Crippen LogP contribution < -0.4 is 0 Å². The zero-order valence-corrected chi connectivity index (χ0v) is 16.6. The van der Waals surface area contributed by atoms with Crippen molar-refractivity contribution in [2.75, 3.05) is 0 Å². The summed E-state index contributed by atoms with van der Waals surface area (Å²) >= 11 is 0. The van der Waals surface area contributed by atoms with Gasteiger partial charge in [0.1, 0.15) is 11.6 Å². The number of rotatable bonds is 4. The maximum atomic E-state index is 15.1. The molecule has 0 saturated carbocycles. The summed E-state index contributed by atoms with van der Waals surface area (Å²) in [5, 5.41) is 4.56. The molecule has 0 N–H and O–H groups in total. The number of nitrogens with zero attached hydrogens (tertiary/aromatic N) is 4. The number of aryl methyl sites for hydroxylation is 1. The highest BCUT2D eigenvalue weighted by atomic mass is 19.3. The van der Waals surface area contributed by atoms with Crippen LogP contribution in [0.2, 0.25) is 0 Å². The first-order valence-corrected chi connectivity index (χ1v) is 9.59. The van der Waals surface area contributed by atoms with Crippen LogP contribution in [0.15, 0.2) is 48.8 Å². The van der Waals surface area contributed by atoms with Gasteiger partial charge in [0.25, 0.3) is 12.3 Å². The van der Waals surface area contributed by atoms with E-state index in [1.54, 1.807) is 13.2 Å². The summed E-state index contributed by atoms with van der Waals surface area (Å²) in [4.78, 5) is 17.3. The van der Waals surface area contributed by atoms with E-state index in [4.69, 9.17) is 2.74 Å². The largest absolute Gasteiger partial charge is 0.328 e. The van der Waals surface area contributed by atoms with E-state index >= 15 is 8.78 Å². The fourth-order valence-corrected chi connectivity index (χ4v) is 3.80. The SMILES string of the molecule is [2H]C1([2H])c2ncccc2C(=O)N1Cc1c(F)cc(-c2cc(C(F)F)cc3nn(C)cc23)cc1F. The van der Waals surface area contributed by atoms with Crippen molar-refractivity contribution in [2.24, 2.45) is 7.05 Å². The fourth-order valence-electron chi connectivity index (χ4n) is 3.80. The van der Waals surface area contributed by atoms with Gasteiger partial charge in [0.2, 0.25) is 0 Å². The number of fused-ring (bicyclic) bond motifs is 2. The Morgan fingerprint density at radius 1 is 1.16 bits per heavy atom. The molecule has 0 radical (unpaired) electrons. The average Bonchev–Trinajstić information content (AvgIpc) is 3.25. The number of amides is 1. The minimum Gasteiger partial charge on any atom is -0.328 e. The molecular weight excluding hydrogens is 424 g/mol. The van der Waals surface area contributed by atoms with E-state index < -0.39 is 42.6 Å². The van der Waals surface area contributed by atoms with Gasteiger partial charge in [0.15, 0.2) is 0 Å². The second kappa shape index (κ2) is 7.44. The highest BCUT2D eigenvalue weighted by molar-refractivity contribution is 5.98. The van der Waals surface area contributed by atoms with Crippen LogP contribution in [0.3, 0.4) is 0 Å². The van der Waals surface area contributed by atoms with E-state index in [9.17, 15) is 13.6 Å². The van der Waals surface area contributed by atoms with Crippen molar-refractivity contribution in [3.05, 3.63) is 82.8 Å². The number of halogens is 4. The van der Waals surface area contributed by atoms with Crippen LogP contribution in [0.5, 0.6) is 0 Å². The third-order valence-corrected chi connectivity index (χ3v) is 5.31. The van der Waals surface area contributed by atoms with Gasteiger partial charge in [0, 0.05) is 36.0 Å². The molecule has 32 heavy (non-hydrogen) atoms. The first kappa shape index (κ1) is 17.9. The Kier molecular flexibility index (Phi) is 4.16. The Labute approximate surface area is 182 Å². The van der Waals surface area contributed by atoms with E-state index in [1.165, 1.54) is 29.1 Å². The molecule has 1 aliphatic heterocycles. The summed E-state index contributed by atoms with van der Waals surface area (Å²) in [5.41, 5.74) is -0.530. The van der Waals surface area contributed by atoms with Gasteiger partial charge in [-0.05, 0) is 47.5 Å². The quantitative estimate of drug-likeness (QED) is 0.418. The fraction of sp³-hybridized carbons (Fsp3) is 0.174. The van der Waals surface area contributed by atoms with Crippen LogP contribution in [-0.2, 0) is 20.1 Å². The minimum atomic E-state index is -2.81. The maximum absolute atomic E-state index is 15.1. The number of alkyl halides is 2. The molecule has 0 atom stereocenters. The third-order valence-electron chi connectivity index (χ3n) is 5.31. The summed E-state index contributed by atoms with van der Waals surface area (Å²) in [6, 6.07) is 7.21. The van der Waals surface area contributed by atoms with Crippen LogP contribution in [0.1, 0.15) is 36.3 Å². The molecule has 2 aromatic heterocycles. The van der Waals surface area contributed by atoms with Gasteiger partial charge >= 0.3 is 0 Å². The Morgan fingerprint density at radius 3 is 2.59 bits per heavy atom. The lowest BCUT2D eigenvalue weighted by atomic mass is 9.97. The molecule has 1 amide bonds. The number of benzene rings is 2. The van der Waals surface area contributed by atoms with E-state index in [0.717, 1.165) is 18.2 Å². The van der Waals surface area contributed by atoms with Crippen LogP contribution in [0, 0.1) is 11.6 Å².